The molecule has 0 aliphatic carbocycles. The van der Waals surface area contributed by atoms with Crippen LogP contribution in [0.25, 0.3) is 11.0 Å². The van der Waals surface area contributed by atoms with E-state index >= 15 is 0 Å². The molecule has 0 aliphatic rings. The second-order valence-electron chi connectivity index (χ2n) is 5.76. The normalized spacial score (nSPS) is 14.0. The number of nitrogens with zero attached hydrogens (tertiary/aromatic N) is 3. The second kappa shape index (κ2) is 6.28. The van der Waals surface area contributed by atoms with Gasteiger partial charge >= 0.3 is 0 Å². The molecule has 2 aromatic rings. The number of aromatic nitrogens is 2. The molecule has 1 atom stereocenters. The van der Waals surface area contributed by atoms with Crippen LogP contribution < -0.4 is 5.32 Å². The predicted molar refractivity (Wildman–Crippen MR) is 86.1 cm³/mol. The Hall–Kier alpha value is -1.86. The largest absolute Gasteiger partial charge is 0.331 e. The zero-order chi connectivity index (χ0) is 15.5. The van der Waals surface area contributed by atoms with Gasteiger partial charge in [-0.15, -0.1) is 0 Å². The van der Waals surface area contributed by atoms with E-state index in [0.717, 1.165) is 31.3 Å². The van der Waals surface area contributed by atoms with Crippen molar-refractivity contribution in [3.05, 3.63) is 29.6 Å². The molecular formula is C17H24N4. The van der Waals surface area contributed by atoms with E-state index in [1.165, 1.54) is 16.6 Å². The molecule has 1 unspecified atom stereocenters. The highest BCUT2D eigenvalue weighted by Gasteiger charge is 2.24. The molecule has 0 radical (unpaired) electrons. The average Bonchev–Trinajstić information content (AvgIpc) is 2.87. The van der Waals surface area contributed by atoms with E-state index in [1.807, 2.05) is 13.4 Å². The van der Waals surface area contributed by atoms with Crippen LogP contribution in [0.1, 0.15) is 37.3 Å². The smallest absolute Gasteiger partial charge is 0.106 e. The molecule has 0 amide bonds. The highest BCUT2D eigenvalue weighted by atomic mass is 15.0. The summed E-state index contributed by atoms with van der Waals surface area (Å²) in [4.78, 5) is 4.48. The van der Waals surface area contributed by atoms with Gasteiger partial charge in [0.25, 0.3) is 0 Å². The molecule has 1 N–H and O–H groups in total. The number of imidazole rings is 1. The molecule has 4 nitrogen and oxygen atoms in total. The summed E-state index contributed by atoms with van der Waals surface area (Å²) in [6.07, 6.45) is 4.54. The fourth-order valence-corrected chi connectivity index (χ4v) is 2.71. The molecule has 4 heteroatoms. The van der Waals surface area contributed by atoms with Gasteiger partial charge in [0.05, 0.1) is 23.4 Å². The van der Waals surface area contributed by atoms with Gasteiger partial charge < -0.3 is 9.88 Å². The van der Waals surface area contributed by atoms with Crippen LogP contribution in [0.3, 0.4) is 0 Å². The third-order valence-corrected chi connectivity index (χ3v) is 4.54. The van der Waals surface area contributed by atoms with Crippen LogP contribution in [0, 0.1) is 25.2 Å². The molecule has 0 spiro atoms. The molecule has 0 saturated heterocycles. The van der Waals surface area contributed by atoms with Crippen molar-refractivity contribution >= 4 is 11.0 Å². The minimum absolute atomic E-state index is 0.400. The van der Waals surface area contributed by atoms with Crippen LogP contribution >= 0.6 is 0 Å². The Bertz CT molecular complexity index is 659. The summed E-state index contributed by atoms with van der Waals surface area (Å²) >= 11 is 0. The molecule has 21 heavy (non-hydrogen) atoms. The molecule has 0 saturated carbocycles. The minimum atomic E-state index is -0.400. The van der Waals surface area contributed by atoms with Gasteiger partial charge in [0, 0.05) is 6.54 Å². The van der Waals surface area contributed by atoms with Gasteiger partial charge in [-0.1, -0.05) is 6.92 Å². The molecule has 0 bridgehead atoms. The second-order valence-corrected chi connectivity index (χ2v) is 5.76. The Balaban J connectivity index is 2.11. The first kappa shape index (κ1) is 15.5. The number of rotatable bonds is 6. The van der Waals surface area contributed by atoms with Crippen LogP contribution in [0.15, 0.2) is 18.5 Å². The van der Waals surface area contributed by atoms with Crippen molar-refractivity contribution in [1.82, 2.24) is 14.9 Å². The van der Waals surface area contributed by atoms with Crippen molar-refractivity contribution in [2.24, 2.45) is 0 Å². The van der Waals surface area contributed by atoms with Crippen molar-refractivity contribution in [3.8, 4) is 6.07 Å². The molecule has 1 heterocycles. The van der Waals surface area contributed by atoms with E-state index in [9.17, 15) is 5.26 Å². The third-order valence-electron chi connectivity index (χ3n) is 4.54. The molecule has 112 valence electrons. The monoisotopic (exact) mass is 284 g/mol. The zero-order valence-corrected chi connectivity index (χ0v) is 13.4. The van der Waals surface area contributed by atoms with E-state index in [0.29, 0.717) is 0 Å². The average molecular weight is 284 g/mol. The molecule has 2 rings (SSSR count). The lowest BCUT2D eigenvalue weighted by molar-refractivity contribution is 0.381. The Kier molecular flexibility index (Phi) is 4.64. The van der Waals surface area contributed by atoms with Crippen molar-refractivity contribution in [2.45, 2.75) is 52.1 Å². The number of fused-ring (bicyclic) bond motifs is 1. The van der Waals surface area contributed by atoms with E-state index in [-0.39, 0.29) is 0 Å². The standard InChI is InChI=1S/C17H24N4/c1-5-17(11-18,19-4)7-6-8-21-12-20-15-9-13(2)14(3)10-16(15)21/h9-10,12,19H,5-8H2,1-4H3. The molecule has 0 fully saturated rings. The van der Waals surface area contributed by atoms with Gasteiger partial charge in [0.2, 0.25) is 0 Å². The first-order chi connectivity index (χ1) is 10.0. The number of hydrogen-bond acceptors (Lipinski definition) is 3. The summed E-state index contributed by atoms with van der Waals surface area (Å²) in [5, 5.41) is 12.5. The fourth-order valence-electron chi connectivity index (χ4n) is 2.71. The van der Waals surface area contributed by atoms with Crippen LogP contribution in [0.2, 0.25) is 0 Å². The highest BCUT2D eigenvalue weighted by molar-refractivity contribution is 5.77. The van der Waals surface area contributed by atoms with Gasteiger partial charge in [-0.3, -0.25) is 0 Å². The van der Waals surface area contributed by atoms with Crippen LogP contribution in [-0.4, -0.2) is 22.1 Å². The summed E-state index contributed by atoms with van der Waals surface area (Å²) in [5.41, 5.74) is 4.40. The lowest BCUT2D eigenvalue weighted by Gasteiger charge is -2.24. The van der Waals surface area contributed by atoms with Gasteiger partial charge in [-0.05, 0) is 63.4 Å². The SMILES string of the molecule is CCC(C#N)(CCCn1cnc2cc(C)c(C)cc21)NC. The van der Waals surface area contributed by atoms with Crippen molar-refractivity contribution in [2.75, 3.05) is 7.05 Å². The van der Waals surface area contributed by atoms with Crippen LogP contribution in [-0.2, 0) is 6.54 Å². The first-order valence-corrected chi connectivity index (χ1v) is 7.57. The molecule has 0 aliphatic heterocycles. The summed E-state index contributed by atoms with van der Waals surface area (Å²) in [5.74, 6) is 0. The topological polar surface area (TPSA) is 53.6 Å². The number of aryl methyl sites for hydroxylation is 3. The lowest BCUT2D eigenvalue weighted by Crippen LogP contribution is -2.40. The maximum Gasteiger partial charge on any atom is 0.106 e. The van der Waals surface area contributed by atoms with Gasteiger partial charge in [0.1, 0.15) is 5.54 Å². The molecule has 1 aromatic heterocycles. The van der Waals surface area contributed by atoms with Crippen molar-refractivity contribution < 1.29 is 0 Å². The lowest BCUT2D eigenvalue weighted by atomic mass is 9.92. The number of nitriles is 1. The Morgan fingerprint density at radius 2 is 2.05 bits per heavy atom. The van der Waals surface area contributed by atoms with E-state index in [4.69, 9.17) is 0 Å². The molecular weight excluding hydrogens is 260 g/mol. The first-order valence-electron chi connectivity index (χ1n) is 7.57. The highest BCUT2D eigenvalue weighted by Crippen LogP contribution is 2.21. The van der Waals surface area contributed by atoms with Gasteiger partial charge in [0.15, 0.2) is 0 Å². The summed E-state index contributed by atoms with van der Waals surface area (Å²) in [6, 6.07) is 6.75. The van der Waals surface area contributed by atoms with Crippen LogP contribution in [0.4, 0.5) is 0 Å². The maximum atomic E-state index is 9.34. The van der Waals surface area contributed by atoms with E-state index < -0.39 is 5.54 Å². The summed E-state index contributed by atoms with van der Waals surface area (Å²) in [7, 11) is 1.87. The fraction of sp³-hybridized carbons (Fsp3) is 0.529. The summed E-state index contributed by atoms with van der Waals surface area (Å²) in [6.45, 7) is 7.19. The number of benzene rings is 1. The predicted octanol–water partition coefficient (Wildman–Crippen LogP) is 3.33. The van der Waals surface area contributed by atoms with Gasteiger partial charge in [-0.2, -0.15) is 5.26 Å². The Morgan fingerprint density at radius 3 is 2.67 bits per heavy atom. The van der Waals surface area contributed by atoms with Crippen LogP contribution in [0.5, 0.6) is 0 Å². The summed E-state index contributed by atoms with van der Waals surface area (Å²) < 4.78 is 2.19. The minimum Gasteiger partial charge on any atom is -0.331 e. The maximum absolute atomic E-state index is 9.34. The van der Waals surface area contributed by atoms with Crippen molar-refractivity contribution in [1.29, 1.82) is 5.26 Å². The number of nitrogens with one attached hydrogen (secondary N) is 1. The third kappa shape index (κ3) is 3.08. The number of hydrogen-bond donors (Lipinski definition) is 1. The Morgan fingerprint density at radius 1 is 1.33 bits per heavy atom. The van der Waals surface area contributed by atoms with Gasteiger partial charge in [-0.25, -0.2) is 4.98 Å². The zero-order valence-electron chi connectivity index (χ0n) is 13.4. The molecule has 1 aromatic carbocycles. The Labute approximate surface area is 126 Å². The van der Waals surface area contributed by atoms with Crippen molar-refractivity contribution in [3.63, 3.8) is 0 Å². The van der Waals surface area contributed by atoms with E-state index in [1.54, 1.807) is 0 Å². The van der Waals surface area contributed by atoms with E-state index in [2.05, 4.69) is 53.8 Å². The quantitative estimate of drug-likeness (QED) is 0.885.